The average molecular weight is 432 g/mol. The fraction of sp³-hybridized carbons (Fsp3) is 0.318. The summed E-state index contributed by atoms with van der Waals surface area (Å²) in [7, 11) is -3.81. The topological polar surface area (TPSA) is 94.8 Å². The molecule has 8 heteroatoms. The molecule has 0 fully saturated rings. The van der Waals surface area contributed by atoms with Crippen LogP contribution in [0.4, 0.5) is 5.69 Å². The summed E-state index contributed by atoms with van der Waals surface area (Å²) in [5.74, 6) is 0.655. The molecule has 0 saturated heterocycles. The number of ether oxygens (including phenoxy) is 2. The fourth-order valence-electron chi connectivity index (χ4n) is 3.14. The molecule has 0 aliphatic carbocycles. The van der Waals surface area contributed by atoms with E-state index in [0.29, 0.717) is 46.8 Å². The van der Waals surface area contributed by atoms with Gasteiger partial charge in [-0.3, -0.25) is 4.72 Å². The Morgan fingerprint density at radius 1 is 1.03 bits per heavy atom. The van der Waals surface area contributed by atoms with Crippen LogP contribution in [-0.4, -0.2) is 27.6 Å². The van der Waals surface area contributed by atoms with Gasteiger partial charge in [0.25, 0.3) is 10.0 Å². The van der Waals surface area contributed by atoms with Crippen molar-refractivity contribution >= 4 is 32.6 Å². The quantitative estimate of drug-likeness (QED) is 0.491. The molecule has 1 aromatic heterocycles. The Bertz CT molecular complexity index is 1130. The highest BCUT2D eigenvalue weighted by atomic mass is 32.2. The molecule has 0 spiro atoms. The number of rotatable bonds is 9. The normalized spacial score (nSPS) is 11.4. The molecule has 160 valence electrons. The maximum atomic E-state index is 12.8. The maximum absolute atomic E-state index is 12.8. The summed E-state index contributed by atoms with van der Waals surface area (Å²) in [6.07, 6.45) is 1.37. The van der Waals surface area contributed by atoms with Crippen molar-refractivity contribution in [2.75, 3.05) is 17.9 Å². The Kier molecular flexibility index (Phi) is 6.66. The summed E-state index contributed by atoms with van der Waals surface area (Å²) in [6, 6.07) is 11.0. The summed E-state index contributed by atoms with van der Waals surface area (Å²) in [5.41, 5.74) is 1.17. The first kappa shape index (κ1) is 21.7. The lowest BCUT2D eigenvalue weighted by atomic mass is 10.1. The third kappa shape index (κ3) is 4.59. The second-order valence-electron chi connectivity index (χ2n) is 6.59. The van der Waals surface area contributed by atoms with E-state index in [1.165, 1.54) is 12.1 Å². The SMILES string of the molecule is CCCc1oc2ccc(NS(=O)(=O)c3ccc(OCC)cc3)cc2c1C(=O)OCC. The predicted octanol–water partition coefficient (Wildman–Crippen LogP) is 4.76. The van der Waals surface area contributed by atoms with Gasteiger partial charge in [0.15, 0.2) is 0 Å². The number of anilines is 1. The number of furan rings is 1. The minimum absolute atomic E-state index is 0.107. The van der Waals surface area contributed by atoms with E-state index >= 15 is 0 Å². The van der Waals surface area contributed by atoms with E-state index < -0.39 is 16.0 Å². The predicted molar refractivity (Wildman–Crippen MR) is 115 cm³/mol. The van der Waals surface area contributed by atoms with E-state index in [1.807, 2.05) is 13.8 Å². The van der Waals surface area contributed by atoms with Crippen molar-refractivity contribution in [2.24, 2.45) is 0 Å². The highest BCUT2D eigenvalue weighted by Gasteiger charge is 2.23. The van der Waals surface area contributed by atoms with E-state index in [-0.39, 0.29) is 11.5 Å². The fourth-order valence-corrected chi connectivity index (χ4v) is 4.19. The second-order valence-corrected chi connectivity index (χ2v) is 8.27. The van der Waals surface area contributed by atoms with Crippen LogP contribution < -0.4 is 9.46 Å². The number of nitrogens with one attached hydrogen (secondary N) is 1. The number of fused-ring (bicyclic) bond motifs is 1. The lowest BCUT2D eigenvalue weighted by Crippen LogP contribution is -2.13. The van der Waals surface area contributed by atoms with Crippen LogP contribution in [0.15, 0.2) is 51.8 Å². The maximum Gasteiger partial charge on any atom is 0.342 e. The minimum Gasteiger partial charge on any atom is -0.494 e. The van der Waals surface area contributed by atoms with Gasteiger partial charge in [0.2, 0.25) is 0 Å². The number of hydrogen-bond donors (Lipinski definition) is 1. The van der Waals surface area contributed by atoms with E-state index in [2.05, 4.69) is 4.72 Å². The van der Waals surface area contributed by atoms with Gasteiger partial charge >= 0.3 is 5.97 Å². The van der Waals surface area contributed by atoms with Crippen LogP contribution in [0, 0.1) is 0 Å². The Morgan fingerprint density at radius 2 is 1.77 bits per heavy atom. The monoisotopic (exact) mass is 431 g/mol. The number of carbonyl (C=O) groups is 1. The van der Waals surface area contributed by atoms with Crippen LogP contribution in [0.5, 0.6) is 5.75 Å². The summed E-state index contributed by atoms with van der Waals surface area (Å²) in [4.78, 5) is 12.6. The van der Waals surface area contributed by atoms with Crippen molar-refractivity contribution < 1.29 is 27.1 Å². The van der Waals surface area contributed by atoms with Crippen molar-refractivity contribution in [1.29, 1.82) is 0 Å². The summed E-state index contributed by atoms with van der Waals surface area (Å²) >= 11 is 0. The molecule has 0 amide bonds. The van der Waals surface area contributed by atoms with Gasteiger partial charge in [0, 0.05) is 17.5 Å². The number of esters is 1. The van der Waals surface area contributed by atoms with E-state index in [4.69, 9.17) is 13.9 Å². The molecule has 1 heterocycles. The zero-order valence-corrected chi connectivity index (χ0v) is 18.0. The molecular formula is C22H25NO6S. The van der Waals surface area contributed by atoms with Gasteiger partial charge in [-0.2, -0.15) is 0 Å². The molecular weight excluding hydrogens is 406 g/mol. The van der Waals surface area contributed by atoms with Crippen molar-refractivity contribution in [2.45, 2.75) is 38.5 Å². The molecule has 3 aromatic rings. The molecule has 30 heavy (non-hydrogen) atoms. The van der Waals surface area contributed by atoms with Crippen LogP contribution in [0.2, 0.25) is 0 Å². The third-order valence-electron chi connectivity index (χ3n) is 4.41. The largest absolute Gasteiger partial charge is 0.494 e. The van der Waals surface area contributed by atoms with Gasteiger partial charge < -0.3 is 13.9 Å². The molecule has 0 radical (unpaired) electrons. The molecule has 2 aromatic carbocycles. The standard InChI is InChI=1S/C22H25NO6S/c1-4-7-20-21(22(24)28-6-3)18-14-15(8-13-19(18)29-20)23-30(25,26)17-11-9-16(10-12-17)27-5-2/h8-14,23H,4-7H2,1-3H3. The van der Waals surface area contributed by atoms with Gasteiger partial charge in [-0.25, -0.2) is 13.2 Å². The molecule has 0 unspecified atom stereocenters. The van der Waals surface area contributed by atoms with Crippen molar-refractivity contribution in [3.63, 3.8) is 0 Å². The Morgan fingerprint density at radius 3 is 2.40 bits per heavy atom. The van der Waals surface area contributed by atoms with Crippen LogP contribution >= 0.6 is 0 Å². The Hall–Kier alpha value is -3.00. The zero-order valence-electron chi connectivity index (χ0n) is 17.2. The molecule has 7 nitrogen and oxygen atoms in total. The number of hydrogen-bond acceptors (Lipinski definition) is 6. The van der Waals surface area contributed by atoms with Gasteiger partial charge in [-0.15, -0.1) is 0 Å². The van der Waals surface area contributed by atoms with E-state index in [9.17, 15) is 13.2 Å². The smallest absolute Gasteiger partial charge is 0.342 e. The average Bonchev–Trinajstić information content (AvgIpc) is 3.06. The molecule has 0 aliphatic heterocycles. The highest BCUT2D eigenvalue weighted by Crippen LogP contribution is 2.31. The van der Waals surface area contributed by atoms with Crippen molar-refractivity contribution in [3.8, 4) is 5.75 Å². The molecule has 1 N–H and O–H groups in total. The Balaban J connectivity index is 1.96. The highest BCUT2D eigenvalue weighted by molar-refractivity contribution is 7.92. The van der Waals surface area contributed by atoms with Gasteiger partial charge in [0.1, 0.15) is 22.7 Å². The van der Waals surface area contributed by atoms with Crippen LogP contribution in [0.3, 0.4) is 0 Å². The Labute approximate surface area is 176 Å². The van der Waals surface area contributed by atoms with Crippen molar-refractivity contribution in [1.82, 2.24) is 0 Å². The van der Waals surface area contributed by atoms with Gasteiger partial charge in [-0.1, -0.05) is 6.92 Å². The van der Waals surface area contributed by atoms with Gasteiger partial charge in [0.05, 0.1) is 18.1 Å². The summed E-state index contributed by atoms with van der Waals surface area (Å²) in [6.45, 7) is 6.31. The molecule has 0 atom stereocenters. The zero-order chi connectivity index (χ0) is 21.7. The minimum atomic E-state index is -3.81. The van der Waals surface area contributed by atoms with Crippen LogP contribution in [-0.2, 0) is 21.2 Å². The molecule has 3 rings (SSSR count). The number of aryl methyl sites for hydroxylation is 1. The number of sulfonamides is 1. The second kappa shape index (κ2) is 9.21. The lowest BCUT2D eigenvalue weighted by molar-refractivity contribution is 0.0526. The van der Waals surface area contributed by atoms with Gasteiger partial charge in [-0.05, 0) is 62.7 Å². The molecule has 0 saturated carbocycles. The van der Waals surface area contributed by atoms with Crippen LogP contribution in [0.1, 0.15) is 43.3 Å². The number of benzene rings is 2. The van der Waals surface area contributed by atoms with Crippen molar-refractivity contribution in [3.05, 3.63) is 53.8 Å². The first-order valence-corrected chi connectivity index (χ1v) is 11.4. The molecule has 0 aliphatic rings. The first-order valence-electron chi connectivity index (χ1n) is 9.87. The van der Waals surface area contributed by atoms with Crippen LogP contribution in [0.25, 0.3) is 11.0 Å². The summed E-state index contributed by atoms with van der Waals surface area (Å²) < 4.78 is 44.4. The lowest BCUT2D eigenvalue weighted by Gasteiger charge is -2.09. The van der Waals surface area contributed by atoms with E-state index in [0.717, 1.165) is 6.42 Å². The third-order valence-corrected chi connectivity index (χ3v) is 5.81. The number of carbonyl (C=O) groups excluding carboxylic acids is 1. The van der Waals surface area contributed by atoms with E-state index in [1.54, 1.807) is 37.3 Å². The summed E-state index contributed by atoms with van der Waals surface area (Å²) in [5, 5.41) is 0.517. The molecule has 0 bridgehead atoms. The first-order chi connectivity index (χ1) is 14.4.